The molecular weight excluding hydrogens is 368 g/mol. The lowest BCUT2D eigenvalue weighted by molar-refractivity contribution is 0.306. The number of methoxy groups -OCH3 is 1. The van der Waals surface area contributed by atoms with E-state index >= 15 is 0 Å². The Bertz CT molecular complexity index is 1070. The lowest BCUT2D eigenvalue weighted by atomic mass is 10.2. The third kappa shape index (κ3) is 3.79. The highest BCUT2D eigenvalue weighted by Gasteiger charge is 2.15. The lowest BCUT2D eigenvalue weighted by Gasteiger charge is -2.17. The van der Waals surface area contributed by atoms with Crippen molar-refractivity contribution in [2.45, 2.75) is 26.4 Å². The van der Waals surface area contributed by atoms with Crippen LogP contribution in [0.4, 0.5) is 0 Å². The SMILES string of the molecule is CCc1nc(CN(C)Cc2nc3ccccc3n2-c2ccc(OC)cc2)cs1. The topological polar surface area (TPSA) is 43.2 Å². The van der Waals surface area contributed by atoms with E-state index in [1.54, 1.807) is 18.4 Å². The highest BCUT2D eigenvalue weighted by molar-refractivity contribution is 7.09. The Morgan fingerprint density at radius 1 is 1.04 bits per heavy atom. The van der Waals surface area contributed by atoms with Crippen LogP contribution in [0.1, 0.15) is 23.4 Å². The van der Waals surface area contributed by atoms with Crippen molar-refractivity contribution in [2.24, 2.45) is 0 Å². The van der Waals surface area contributed by atoms with E-state index in [0.29, 0.717) is 0 Å². The van der Waals surface area contributed by atoms with Gasteiger partial charge in [0.05, 0.1) is 35.4 Å². The molecule has 0 aliphatic heterocycles. The van der Waals surface area contributed by atoms with Crippen LogP contribution in [0, 0.1) is 0 Å². The summed E-state index contributed by atoms with van der Waals surface area (Å²) < 4.78 is 7.53. The summed E-state index contributed by atoms with van der Waals surface area (Å²) in [6.45, 7) is 3.69. The molecule has 0 unspecified atom stereocenters. The van der Waals surface area contributed by atoms with Gasteiger partial charge in [-0.25, -0.2) is 9.97 Å². The molecule has 0 fully saturated rings. The Kier molecular flexibility index (Phi) is 5.41. The van der Waals surface area contributed by atoms with Crippen molar-refractivity contribution in [3.63, 3.8) is 0 Å². The molecule has 0 spiro atoms. The minimum absolute atomic E-state index is 0.736. The molecule has 0 N–H and O–H groups in total. The molecule has 6 heteroatoms. The summed E-state index contributed by atoms with van der Waals surface area (Å²) in [5, 5.41) is 3.34. The number of aryl methyl sites for hydroxylation is 1. The smallest absolute Gasteiger partial charge is 0.128 e. The average Bonchev–Trinajstić information content (AvgIpc) is 3.31. The van der Waals surface area contributed by atoms with Crippen LogP contribution < -0.4 is 4.74 Å². The third-order valence-electron chi connectivity index (χ3n) is 4.71. The fourth-order valence-electron chi connectivity index (χ4n) is 3.36. The number of fused-ring (bicyclic) bond motifs is 1. The Morgan fingerprint density at radius 3 is 2.54 bits per heavy atom. The van der Waals surface area contributed by atoms with Crippen LogP contribution in [0.5, 0.6) is 5.75 Å². The maximum Gasteiger partial charge on any atom is 0.128 e. The predicted molar refractivity (Wildman–Crippen MR) is 114 cm³/mol. The molecule has 0 aliphatic rings. The van der Waals surface area contributed by atoms with E-state index in [4.69, 9.17) is 9.72 Å². The first-order valence-corrected chi connectivity index (χ1v) is 10.3. The summed E-state index contributed by atoms with van der Waals surface area (Å²) in [7, 11) is 3.80. The van der Waals surface area contributed by atoms with Crippen LogP contribution in [0.2, 0.25) is 0 Å². The summed E-state index contributed by atoms with van der Waals surface area (Å²) in [6, 6.07) is 16.4. The molecule has 4 rings (SSSR count). The number of hydrogen-bond donors (Lipinski definition) is 0. The first-order chi connectivity index (χ1) is 13.7. The van der Waals surface area contributed by atoms with E-state index in [9.17, 15) is 0 Å². The number of ether oxygens (including phenoxy) is 1. The molecule has 0 aliphatic carbocycles. The Morgan fingerprint density at radius 2 is 1.82 bits per heavy atom. The van der Waals surface area contributed by atoms with Crippen molar-refractivity contribution in [3.05, 3.63) is 70.4 Å². The van der Waals surface area contributed by atoms with Crippen LogP contribution in [0.25, 0.3) is 16.7 Å². The zero-order valence-corrected chi connectivity index (χ0v) is 17.2. The van der Waals surface area contributed by atoms with Gasteiger partial charge < -0.3 is 4.74 Å². The quantitative estimate of drug-likeness (QED) is 0.458. The Balaban J connectivity index is 1.65. The molecule has 4 aromatic rings. The molecule has 2 aromatic heterocycles. The van der Waals surface area contributed by atoms with Gasteiger partial charge in [-0.1, -0.05) is 19.1 Å². The number of hydrogen-bond acceptors (Lipinski definition) is 5. The van der Waals surface area contributed by atoms with Crippen molar-refractivity contribution < 1.29 is 4.74 Å². The third-order valence-corrected chi connectivity index (χ3v) is 5.75. The molecule has 144 valence electrons. The van der Waals surface area contributed by atoms with Gasteiger partial charge in [0.1, 0.15) is 11.6 Å². The fraction of sp³-hybridized carbons (Fsp3) is 0.273. The number of imidazole rings is 1. The van der Waals surface area contributed by atoms with Crippen LogP contribution >= 0.6 is 11.3 Å². The van der Waals surface area contributed by atoms with Gasteiger partial charge in [-0.05, 0) is 49.9 Å². The standard InChI is InChI=1S/C22H24N4OS/c1-4-22-23-16(15-28-22)13-25(2)14-21-24-19-7-5-6-8-20(19)26(21)17-9-11-18(27-3)12-10-17/h5-12,15H,4,13-14H2,1-3H3. The van der Waals surface area contributed by atoms with Crippen LogP contribution in [0.3, 0.4) is 0 Å². The van der Waals surface area contributed by atoms with Crippen LogP contribution in [0.15, 0.2) is 53.9 Å². The second-order valence-electron chi connectivity index (χ2n) is 6.81. The lowest BCUT2D eigenvalue weighted by Crippen LogP contribution is -2.20. The molecule has 2 heterocycles. The fourth-order valence-corrected chi connectivity index (χ4v) is 4.10. The second-order valence-corrected chi connectivity index (χ2v) is 7.75. The summed E-state index contributed by atoms with van der Waals surface area (Å²) in [5.74, 6) is 1.86. The van der Waals surface area contributed by atoms with Crippen LogP contribution in [-0.2, 0) is 19.5 Å². The number of para-hydroxylation sites is 2. The number of nitrogens with zero attached hydrogens (tertiary/aromatic N) is 4. The molecular formula is C22H24N4OS. The first kappa shape index (κ1) is 18.7. The van der Waals surface area contributed by atoms with E-state index < -0.39 is 0 Å². The molecule has 28 heavy (non-hydrogen) atoms. The van der Waals surface area contributed by atoms with Crippen molar-refractivity contribution in [1.29, 1.82) is 0 Å². The minimum atomic E-state index is 0.736. The molecule has 0 atom stereocenters. The molecule has 0 saturated heterocycles. The van der Waals surface area contributed by atoms with Crippen molar-refractivity contribution in [1.82, 2.24) is 19.4 Å². The Hall–Kier alpha value is -2.70. The van der Waals surface area contributed by atoms with Gasteiger partial charge in [0, 0.05) is 17.6 Å². The maximum absolute atomic E-state index is 5.31. The van der Waals surface area contributed by atoms with Gasteiger partial charge in [0.15, 0.2) is 0 Å². The Labute approximate surface area is 169 Å². The van der Waals surface area contributed by atoms with Crippen LogP contribution in [-0.4, -0.2) is 33.6 Å². The van der Waals surface area contributed by atoms with E-state index in [0.717, 1.165) is 53.5 Å². The predicted octanol–water partition coefficient (Wildman–Crippen LogP) is 4.69. The number of thiazole rings is 1. The van der Waals surface area contributed by atoms with Crippen molar-refractivity contribution in [2.75, 3.05) is 14.2 Å². The van der Waals surface area contributed by atoms with Gasteiger partial charge in [-0.3, -0.25) is 9.47 Å². The molecule has 5 nitrogen and oxygen atoms in total. The minimum Gasteiger partial charge on any atom is -0.497 e. The zero-order chi connectivity index (χ0) is 19.5. The van der Waals surface area contributed by atoms with E-state index in [1.165, 1.54) is 5.01 Å². The van der Waals surface area contributed by atoms with E-state index in [1.807, 2.05) is 18.2 Å². The highest BCUT2D eigenvalue weighted by Crippen LogP contribution is 2.24. The highest BCUT2D eigenvalue weighted by atomic mass is 32.1. The van der Waals surface area contributed by atoms with Gasteiger partial charge >= 0.3 is 0 Å². The van der Waals surface area contributed by atoms with Crippen molar-refractivity contribution in [3.8, 4) is 11.4 Å². The largest absolute Gasteiger partial charge is 0.497 e. The molecule has 0 bridgehead atoms. The second kappa shape index (κ2) is 8.12. The maximum atomic E-state index is 5.31. The number of aromatic nitrogens is 3. The van der Waals surface area contributed by atoms with Crippen molar-refractivity contribution >= 4 is 22.4 Å². The first-order valence-electron chi connectivity index (χ1n) is 9.40. The summed E-state index contributed by atoms with van der Waals surface area (Å²) >= 11 is 1.73. The number of benzene rings is 2. The molecule has 0 radical (unpaired) electrons. The molecule has 0 amide bonds. The average molecular weight is 393 g/mol. The van der Waals surface area contributed by atoms with Gasteiger partial charge in [0.25, 0.3) is 0 Å². The summed E-state index contributed by atoms with van der Waals surface area (Å²) in [6.07, 6.45) is 0.988. The van der Waals surface area contributed by atoms with E-state index in [2.05, 4.69) is 64.1 Å². The normalized spacial score (nSPS) is 11.4. The molecule has 0 saturated carbocycles. The van der Waals surface area contributed by atoms with E-state index in [-0.39, 0.29) is 0 Å². The van der Waals surface area contributed by atoms with Gasteiger partial charge in [-0.2, -0.15) is 0 Å². The number of rotatable bonds is 7. The monoisotopic (exact) mass is 392 g/mol. The zero-order valence-electron chi connectivity index (χ0n) is 16.4. The molecule has 2 aromatic carbocycles. The van der Waals surface area contributed by atoms with Gasteiger partial charge in [0.2, 0.25) is 0 Å². The summed E-state index contributed by atoms with van der Waals surface area (Å²) in [5.41, 5.74) is 4.32. The van der Waals surface area contributed by atoms with Gasteiger partial charge in [-0.15, -0.1) is 11.3 Å². The summed E-state index contributed by atoms with van der Waals surface area (Å²) in [4.78, 5) is 11.9.